The topological polar surface area (TPSA) is 32.3 Å². The molecule has 1 heterocycles. The molecular formula is C17H24N2O. The fraction of sp³-hybridized carbons (Fsp3) is 0.471. The van der Waals surface area contributed by atoms with Gasteiger partial charge in [-0.3, -0.25) is 4.79 Å². The van der Waals surface area contributed by atoms with Crippen molar-refractivity contribution < 1.29 is 4.79 Å². The monoisotopic (exact) mass is 272 g/mol. The maximum Gasteiger partial charge on any atom is 0.227 e. The van der Waals surface area contributed by atoms with Gasteiger partial charge < -0.3 is 10.2 Å². The van der Waals surface area contributed by atoms with Crippen LogP contribution < -0.4 is 5.32 Å². The molecule has 0 aromatic heterocycles. The minimum Gasteiger partial charge on any atom is -0.336 e. The van der Waals surface area contributed by atoms with Gasteiger partial charge in [-0.05, 0) is 38.4 Å². The number of hydrogen-bond donors (Lipinski definition) is 1. The third kappa shape index (κ3) is 3.94. The summed E-state index contributed by atoms with van der Waals surface area (Å²) in [6, 6.07) is 8.56. The van der Waals surface area contributed by atoms with E-state index in [1.807, 2.05) is 23.1 Å². The third-order valence-electron chi connectivity index (χ3n) is 3.87. The molecule has 0 saturated carbocycles. The molecule has 0 radical (unpaired) electrons. The summed E-state index contributed by atoms with van der Waals surface area (Å²) in [7, 11) is 0. The molecule has 3 heteroatoms. The quantitative estimate of drug-likeness (QED) is 0.834. The molecule has 108 valence electrons. The zero-order chi connectivity index (χ0) is 14.4. The van der Waals surface area contributed by atoms with Gasteiger partial charge in [0.1, 0.15) is 0 Å². The van der Waals surface area contributed by atoms with Crippen LogP contribution in [-0.2, 0) is 11.2 Å². The van der Waals surface area contributed by atoms with Gasteiger partial charge in [-0.1, -0.05) is 35.9 Å². The number of rotatable bonds is 5. The molecule has 0 aliphatic carbocycles. The second kappa shape index (κ2) is 7.25. The van der Waals surface area contributed by atoms with Crippen molar-refractivity contribution in [3.63, 3.8) is 0 Å². The highest BCUT2D eigenvalue weighted by atomic mass is 16.2. The first kappa shape index (κ1) is 14.8. The highest BCUT2D eigenvalue weighted by molar-refractivity contribution is 5.79. The Morgan fingerprint density at radius 2 is 2.00 bits per heavy atom. The standard InChI is InChI=1S/C17H24N2O/c1-3-12-19(16-8-10-18-11-9-16)17(20)13-15-6-4-14(2)5-7-15/h3-7,16,18H,1,8-13H2,2H3. The summed E-state index contributed by atoms with van der Waals surface area (Å²) in [6.45, 7) is 8.49. The Kier molecular flexibility index (Phi) is 5.36. The van der Waals surface area contributed by atoms with E-state index in [0.29, 0.717) is 19.0 Å². The van der Waals surface area contributed by atoms with Crippen LogP contribution in [0.25, 0.3) is 0 Å². The van der Waals surface area contributed by atoms with Gasteiger partial charge in [0.25, 0.3) is 0 Å². The van der Waals surface area contributed by atoms with Crippen molar-refractivity contribution in [1.82, 2.24) is 10.2 Å². The molecule has 20 heavy (non-hydrogen) atoms. The SMILES string of the molecule is C=CCN(C(=O)Cc1ccc(C)cc1)C1CCNCC1. The van der Waals surface area contributed by atoms with Gasteiger partial charge >= 0.3 is 0 Å². The lowest BCUT2D eigenvalue weighted by atomic mass is 10.0. The number of nitrogens with zero attached hydrogens (tertiary/aromatic N) is 1. The van der Waals surface area contributed by atoms with Gasteiger partial charge in [-0.25, -0.2) is 0 Å². The maximum absolute atomic E-state index is 12.5. The Bertz CT molecular complexity index is 447. The molecule has 3 nitrogen and oxygen atoms in total. The van der Waals surface area contributed by atoms with E-state index in [0.717, 1.165) is 31.5 Å². The molecular weight excluding hydrogens is 248 g/mol. The van der Waals surface area contributed by atoms with E-state index in [1.54, 1.807) is 0 Å². The number of benzene rings is 1. The van der Waals surface area contributed by atoms with Crippen LogP contribution in [0, 0.1) is 6.92 Å². The highest BCUT2D eigenvalue weighted by Gasteiger charge is 2.24. The fourth-order valence-corrected chi connectivity index (χ4v) is 2.69. The van der Waals surface area contributed by atoms with Crippen molar-refractivity contribution in [2.75, 3.05) is 19.6 Å². The molecule has 0 spiro atoms. The van der Waals surface area contributed by atoms with E-state index in [1.165, 1.54) is 5.56 Å². The largest absolute Gasteiger partial charge is 0.336 e. The Hall–Kier alpha value is -1.61. The summed E-state index contributed by atoms with van der Waals surface area (Å²) < 4.78 is 0. The van der Waals surface area contributed by atoms with Crippen LogP contribution in [-0.4, -0.2) is 36.5 Å². The molecule has 2 rings (SSSR count). The Balaban J connectivity index is 2.02. The van der Waals surface area contributed by atoms with E-state index in [4.69, 9.17) is 0 Å². The van der Waals surface area contributed by atoms with Crippen LogP contribution in [0.15, 0.2) is 36.9 Å². The van der Waals surface area contributed by atoms with Gasteiger partial charge in [0.05, 0.1) is 6.42 Å². The Labute approximate surface area is 121 Å². The third-order valence-corrected chi connectivity index (χ3v) is 3.87. The zero-order valence-corrected chi connectivity index (χ0v) is 12.3. The first-order chi connectivity index (χ1) is 9.70. The van der Waals surface area contributed by atoms with E-state index in [2.05, 4.69) is 31.0 Å². The van der Waals surface area contributed by atoms with Gasteiger partial charge in [-0.2, -0.15) is 0 Å². The summed E-state index contributed by atoms with van der Waals surface area (Å²) in [5.41, 5.74) is 2.31. The van der Waals surface area contributed by atoms with Crippen LogP contribution in [0.1, 0.15) is 24.0 Å². The van der Waals surface area contributed by atoms with E-state index < -0.39 is 0 Å². The minimum absolute atomic E-state index is 0.209. The number of carbonyl (C=O) groups excluding carboxylic acids is 1. The molecule has 0 atom stereocenters. The summed E-state index contributed by atoms with van der Waals surface area (Å²) in [5, 5.41) is 3.34. The van der Waals surface area contributed by atoms with Crippen LogP contribution in [0.2, 0.25) is 0 Å². The number of aryl methyl sites for hydroxylation is 1. The van der Waals surface area contributed by atoms with Crippen LogP contribution in [0.4, 0.5) is 0 Å². The second-order valence-electron chi connectivity index (χ2n) is 5.48. The normalized spacial score (nSPS) is 15.8. The van der Waals surface area contributed by atoms with E-state index in [-0.39, 0.29) is 5.91 Å². The lowest BCUT2D eigenvalue weighted by Crippen LogP contribution is -2.46. The van der Waals surface area contributed by atoms with Gasteiger partial charge in [0.15, 0.2) is 0 Å². The van der Waals surface area contributed by atoms with Gasteiger partial charge in [0.2, 0.25) is 5.91 Å². The zero-order valence-electron chi connectivity index (χ0n) is 12.3. The van der Waals surface area contributed by atoms with E-state index in [9.17, 15) is 4.79 Å². The summed E-state index contributed by atoms with van der Waals surface area (Å²) in [6.07, 6.45) is 4.38. The Morgan fingerprint density at radius 1 is 1.35 bits per heavy atom. The van der Waals surface area contributed by atoms with E-state index >= 15 is 0 Å². The van der Waals surface area contributed by atoms with Crippen molar-refractivity contribution in [3.05, 3.63) is 48.0 Å². The molecule has 1 fully saturated rings. The Morgan fingerprint density at radius 3 is 2.60 bits per heavy atom. The average molecular weight is 272 g/mol. The minimum atomic E-state index is 0.209. The summed E-state index contributed by atoms with van der Waals surface area (Å²) in [4.78, 5) is 14.5. The molecule has 1 aromatic carbocycles. The maximum atomic E-state index is 12.5. The van der Waals surface area contributed by atoms with Crippen molar-refractivity contribution in [2.24, 2.45) is 0 Å². The van der Waals surface area contributed by atoms with Crippen LogP contribution in [0.5, 0.6) is 0 Å². The molecule has 1 aliphatic rings. The molecule has 0 unspecified atom stereocenters. The van der Waals surface area contributed by atoms with Gasteiger partial charge in [-0.15, -0.1) is 6.58 Å². The lowest BCUT2D eigenvalue weighted by molar-refractivity contribution is -0.132. The second-order valence-corrected chi connectivity index (χ2v) is 5.48. The highest BCUT2D eigenvalue weighted by Crippen LogP contribution is 2.14. The average Bonchev–Trinajstić information content (AvgIpc) is 2.48. The van der Waals surface area contributed by atoms with Crippen molar-refractivity contribution in [3.8, 4) is 0 Å². The smallest absolute Gasteiger partial charge is 0.227 e. The molecule has 1 N–H and O–H groups in total. The number of hydrogen-bond acceptors (Lipinski definition) is 2. The van der Waals surface area contributed by atoms with Gasteiger partial charge in [0, 0.05) is 12.6 Å². The van der Waals surface area contributed by atoms with Crippen molar-refractivity contribution >= 4 is 5.91 Å². The number of amides is 1. The van der Waals surface area contributed by atoms with Crippen LogP contribution >= 0.6 is 0 Å². The molecule has 1 amide bonds. The first-order valence-electron chi connectivity index (χ1n) is 7.37. The lowest BCUT2D eigenvalue weighted by Gasteiger charge is -2.34. The fourth-order valence-electron chi connectivity index (χ4n) is 2.69. The first-order valence-corrected chi connectivity index (χ1v) is 7.37. The molecule has 1 aromatic rings. The van der Waals surface area contributed by atoms with Crippen LogP contribution in [0.3, 0.4) is 0 Å². The number of nitrogens with one attached hydrogen (secondary N) is 1. The molecule has 1 saturated heterocycles. The van der Waals surface area contributed by atoms with Crippen molar-refractivity contribution in [1.29, 1.82) is 0 Å². The number of piperidine rings is 1. The predicted octanol–water partition coefficient (Wildman–Crippen LogP) is 2.30. The van der Waals surface area contributed by atoms with Crippen molar-refractivity contribution in [2.45, 2.75) is 32.2 Å². The summed E-state index contributed by atoms with van der Waals surface area (Å²) in [5.74, 6) is 0.209. The molecule has 1 aliphatic heterocycles. The number of carbonyl (C=O) groups is 1. The predicted molar refractivity (Wildman–Crippen MR) is 82.7 cm³/mol. The summed E-state index contributed by atoms with van der Waals surface area (Å²) >= 11 is 0. The molecule has 0 bridgehead atoms.